The van der Waals surface area contributed by atoms with Gasteiger partial charge in [0.05, 0.1) is 12.2 Å². The van der Waals surface area contributed by atoms with Gasteiger partial charge in [-0.25, -0.2) is 8.42 Å². The SMILES string of the molecule is Cc1cc(NC(=O)c2cc(S(=O)(=O)N3C[C@@H](C)O[C@H](C)C3)c(C)o2)no1. The number of nitrogens with one attached hydrogen (secondary N) is 1. The van der Waals surface area contributed by atoms with E-state index in [1.807, 2.05) is 13.8 Å². The number of amides is 1. The van der Waals surface area contributed by atoms with E-state index >= 15 is 0 Å². The van der Waals surface area contributed by atoms with Gasteiger partial charge in [-0.2, -0.15) is 4.31 Å². The lowest BCUT2D eigenvalue weighted by atomic mass is 10.3. The molecular weight excluding hydrogens is 362 g/mol. The quantitative estimate of drug-likeness (QED) is 0.858. The van der Waals surface area contributed by atoms with Gasteiger partial charge in [0, 0.05) is 25.2 Å². The predicted molar refractivity (Wildman–Crippen MR) is 91.4 cm³/mol. The van der Waals surface area contributed by atoms with Crippen LogP contribution in [-0.2, 0) is 14.8 Å². The van der Waals surface area contributed by atoms with Crippen LogP contribution in [-0.4, -0.2) is 49.1 Å². The van der Waals surface area contributed by atoms with Crippen molar-refractivity contribution in [3.63, 3.8) is 0 Å². The Balaban J connectivity index is 1.83. The molecule has 2 aromatic rings. The van der Waals surface area contributed by atoms with Gasteiger partial charge in [0.2, 0.25) is 10.0 Å². The topological polar surface area (TPSA) is 115 Å². The van der Waals surface area contributed by atoms with Crippen LogP contribution in [0.3, 0.4) is 0 Å². The fourth-order valence-corrected chi connectivity index (χ4v) is 4.65. The van der Waals surface area contributed by atoms with Crippen LogP contribution >= 0.6 is 0 Å². The Morgan fingerprint density at radius 3 is 2.46 bits per heavy atom. The second-order valence-electron chi connectivity index (χ2n) is 6.39. The molecule has 2 aromatic heterocycles. The molecule has 3 heterocycles. The third kappa shape index (κ3) is 3.67. The van der Waals surface area contributed by atoms with E-state index in [-0.39, 0.29) is 47.5 Å². The molecule has 0 radical (unpaired) electrons. The molecule has 2 atom stereocenters. The summed E-state index contributed by atoms with van der Waals surface area (Å²) in [4.78, 5) is 12.3. The van der Waals surface area contributed by atoms with Crippen molar-refractivity contribution in [3.05, 3.63) is 29.4 Å². The number of ether oxygens (including phenoxy) is 1. The first-order chi connectivity index (χ1) is 12.2. The molecule has 0 saturated carbocycles. The van der Waals surface area contributed by atoms with Gasteiger partial charge in [0.15, 0.2) is 11.6 Å². The van der Waals surface area contributed by atoms with E-state index < -0.39 is 15.9 Å². The zero-order valence-electron chi connectivity index (χ0n) is 15.0. The second-order valence-corrected chi connectivity index (χ2v) is 8.29. The fraction of sp³-hybridized carbons (Fsp3) is 0.500. The number of aromatic nitrogens is 1. The molecule has 1 aliphatic rings. The van der Waals surface area contributed by atoms with Crippen molar-refractivity contribution >= 4 is 21.7 Å². The summed E-state index contributed by atoms with van der Waals surface area (Å²) in [7, 11) is -3.79. The van der Waals surface area contributed by atoms with Crippen LogP contribution in [0.2, 0.25) is 0 Å². The highest BCUT2D eigenvalue weighted by molar-refractivity contribution is 7.89. The number of hydrogen-bond donors (Lipinski definition) is 1. The molecule has 0 unspecified atom stereocenters. The van der Waals surface area contributed by atoms with Gasteiger partial charge in [0.25, 0.3) is 5.91 Å². The number of aryl methyl sites for hydroxylation is 2. The molecule has 1 saturated heterocycles. The van der Waals surface area contributed by atoms with Gasteiger partial charge < -0.3 is 19.0 Å². The normalized spacial score (nSPS) is 21.7. The van der Waals surface area contributed by atoms with Crippen LogP contribution in [0.5, 0.6) is 0 Å². The van der Waals surface area contributed by atoms with Crippen molar-refractivity contribution in [2.45, 2.75) is 44.8 Å². The van der Waals surface area contributed by atoms with Gasteiger partial charge in [0.1, 0.15) is 16.4 Å². The molecule has 0 bridgehead atoms. The van der Waals surface area contributed by atoms with E-state index in [0.717, 1.165) is 0 Å². The maximum absolute atomic E-state index is 12.9. The van der Waals surface area contributed by atoms with Crippen LogP contribution in [0, 0.1) is 13.8 Å². The second kappa shape index (κ2) is 6.86. The number of morpholine rings is 1. The van der Waals surface area contributed by atoms with Crippen LogP contribution in [0.1, 0.15) is 35.9 Å². The lowest BCUT2D eigenvalue weighted by Crippen LogP contribution is -2.48. The number of furan rings is 1. The average molecular weight is 383 g/mol. The number of hydrogen-bond acceptors (Lipinski definition) is 7. The number of anilines is 1. The van der Waals surface area contributed by atoms with E-state index in [4.69, 9.17) is 13.7 Å². The first-order valence-electron chi connectivity index (χ1n) is 8.17. The van der Waals surface area contributed by atoms with Crippen molar-refractivity contribution in [2.75, 3.05) is 18.4 Å². The fourth-order valence-electron chi connectivity index (χ4n) is 2.90. The number of carbonyl (C=O) groups is 1. The summed E-state index contributed by atoms with van der Waals surface area (Å²) in [6.45, 7) is 7.33. The van der Waals surface area contributed by atoms with Gasteiger partial charge in [-0.3, -0.25) is 4.79 Å². The molecule has 1 amide bonds. The summed E-state index contributed by atoms with van der Waals surface area (Å²) < 4.78 is 43.1. The first-order valence-corrected chi connectivity index (χ1v) is 9.61. The molecule has 1 aliphatic heterocycles. The summed E-state index contributed by atoms with van der Waals surface area (Å²) >= 11 is 0. The van der Waals surface area contributed by atoms with Crippen LogP contribution in [0.25, 0.3) is 0 Å². The molecule has 10 heteroatoms. The molecule has 142 valence electrons. The van der Waals surface area contributed by atoms with E-state index in [1.165, 1.54) is 17.3 Å². The summed E-state index contributed by atoms with van der Waals surface area (Å²) in [5.74, 6) is 0.192. The Kier molecular flexibility index (Phi) is 4.91. The predicted octanol–water partition coefficient (Wildman–Crippen LogP) is 1.93. The molecule has 1 N–H and O–H groups in total. The first kappa shape index (κ1) is 18.6. The summed E-state index contributed by atoms with van der Waals surface area (Å²) in [6, 6.07) is 2.78. The Morgan fingerprint density at radius 2 is 1.88 bits per heavy atom. The van der Waals surface area contributed by atoms with Gasteiger partial charge in [-0.1, -0.05) is 5.16 Å². The Morgan fingerprint density at radius 1 is 1.23 bits per heavy atom. The van der Waals surface area contributed by atoms with Gasteiger partial charge >= 0.3 is 0 Å². The van der Waals surface area contributed by atoms with Crippen LogP contribution in [0.15, 0.2) is 26.0 Å². The smallest absolute Gasteiger partial charge is 0.292 e. The number of carbonyl (C=O) groups excluding carboxylic acids is 1. The van der Waals surface area contributed by atoms with Crippen molar-refractivity contribution in [1.29, 1.82) is 0 Å². The highest BCUT2D eigenvalue weighted by Crippen LogP contribution is 2.26. The average Bonchev–Trinajstić information content (AvgIpc) is 3.12. The molecule has 26 heavy (non-hydrogen) atoms. The van der Waals surface area contributed by atoms with Gasteiger partial charge in [-0.05, 0) is 27.7 Å². The molecule has 0 aromatic carbocycles. The van der Waals surface area contributed by atoms with E-state index in [0.29, 0.717) is 5.76 Å². The lowest BCUT2D eigenvalue weighted by Gasteiger charge is -2.34. The Labute approximate surface area is 151 Å². The Bertz CT molecular complexity index is 906. The molecule has 0 spiro atoms. The largest absolute Gasteiger partial charge is 0.455 e. The monoisotopic (exact) mass is 383 g/mol. The van der Waals surface area contributed by atoms with Crippen LogP contribution in [0.4, 0.5) is 5.82 Å². The lowest BCUT2D eigenvalue weighted by molar-refractivity contribution is -0.0441. The van der Waals surface area contributed by atoms with E-state index in [9.17, 15) is 13.2 Å². The standard InChI is InChI=1S/C16H21N3O6S/c1-9-5-15(18-25-9)17-16(20)13-6-14(12(4)24-13)26(21,22)19-7-10(2)23-11(3)8-19/h5-6,10-11H,7-8H2,1-4H3,(H,17,18,20)/t10-,11-/m1/s1. The zero-order chi connectivity index (χ0) is 19.1. The third-order valence-corrected chi connectivity index (χ3v) is 5.91. The summed E-state index contributed by atoms with van der Waals surface area (Å²) in [6.07, 6.45) is -0.419. The molecule has 1 fully saturated rings. The van der Waals surface area contributed by atoms with E-state index in [1.54, 1.807) is 13.0 Å². The van der Waals surface area contributed by atoms with Crippen molar-refractivity contribution in [1.82, 2.24) is 9.46 Å². The minimum atomic E-state index is -3.79. The molecule has 0 aliphatic carbocycles. The third-order valence-electron chi connectivity index (χ3n) is 3.97. The van der Waals surface area contributed by atoms with Crippen molar-refractivity contribution in [3.8, 4) is 0 Å². The number of sulfonamides is 1. The van der Waals surface area contributed by atoms with Gasteiger partial charge in [-0.15, -0.1) is 0 Å². The zero-order valence-corrected chi connectivity index (χ0v) is 15.8. The maximum atomic E-state index is 12.9. The van der Waals surface area contributed by atoms with Crippen LogP contribution < -0.4 is 5.32 Å². The summed E-state index contributed by atoms with van der Waals surface area (Å²) in [5.41, 5.74) is 0. The minimum Gasteiger partial charge on any atom is -0.455 e. The van der Waals surface area contributed by atoms with Crippen molar-refractivity contribution < 1.29 is 26.9 Å². The maximum Gasteiger partial charge on any atom is 0.292 e. The molecule has 9 nitrogen and oxygen atoms in total. The number of rotatable bonds is 4. The highest BCUT2D eigenvalue weighted by atomic mass is 32.2. The Hall–Kier alpha value is -2.17. The van der Waals surface area contributed by atoms with Crippen molar-refractivity contribution in [2.24, 2.45) is 0 Å². The highest BCUT2D eigenvalue weighted by Gasteiger charge is 2.35. The summed E-state index contributed by atoms with van der Waals surface area (Å²) in [5, 5.41) is 6.16. The molecular formula is C16H21N3O6S. The van der Waals surface area contributed by atoms with E-state index in [2.05, 4.69) is 10.5 Å². The minimum absolute atomic E-state index is 0.0275. The molecule has 3 rings (SSSR count). The number of nitrogens with zero attached hydrogens (tertiary/aromatic N) is 2.